The molecule has 41 heavy (non-hydrogen) atoms. The molecule has 212 valence electrons. The second-order valence-corrected chi connectivity index (χ2v) is 11.2. The molecule has 6 rings (SSSR count). The highest BCUT2D eigenvalue weighted by Crippen LogP contribution is 2.32. The lowest BCUT2D eigenvalue weighted by Crippen LogP contribution is -2.54. The van der Waals surface area contributed by atoms with Crippen LogP contribution < -0.4 is 15.4 Å². The molecular weight excluding hydrogens is 519 g/mol. The van der Waals surface area contributed by atoms with Gasteiger partial charge in [-0.05, 0) is 66.3 Å². The lowest BCUT2D eigenvalue weighted by atomic mass is 10.00. The minimum atomic E-state index is -0.491. The molecule has 3 aliphatic heterocycles. The molecule has 3 aliphatic rings. The van der Waals surface area contributed by atoms with Gasteiger partial charge in [-0.2, -0.15) is 0 Å². The third kappa shape index (κ3) is 6.19. The van der Waals surface area contributed by atoms with Gasteiger partial charge in [0.1, 0.15) is 23.7 Å². The summed E-state index contributed by atoms with van der Waals surface area (Å²) in [4.78, 5) is 29.8. The molecule has 0 aromatic heterocycles. The number of nitrogens with zero attached hydrogens (tertiary/aromatic N) is 2. The highest BCUT2D eigenvalue weighted by molar-refractivity contribution is 6.01. The van der Waals surface area contributed by atoms with E-state index < -0.39 is 6.04 Å². The largest absolute Gasteiger partial charge is 0.487 e. The van der Waals surface area contributed by atoms with E-state index in [1.54, 1.807) is 17.0 Å². The van der Waals surface area contributed by atoms with Crippen molar-refractivity contribution in [2.45, 2.75) is 57.1 Å². The second kappa shape index (κ2) is 11.8. The number of rotatable bonds is 8. The minimum absolute atomic E-state index is 0.0949. The minimum Gasteiger partial charge on any atom is -0.487 e. The maximum absolute atomic E-state index is 13.4. The number of benzene rings is 3. The molecule has 0 bridgehead atoms. The first-order chi connectivity index (χ1) is 19.9. The summed E-state index contributed by atoms with van der Waals surface area (Å²) in [5, 5.41) is 6.43. The maximum Gasteiger partial charge on any atom is 0.255 e. The number of piperidine rings is 2. The van der Waals surface area contributed by atoms with Crippen molar-refractivity contribution in [1.29, 1.82) is 0 Å². The number of hydrogen-bond acceptors (Lipinski definition) is 5. The number of fused-ring (bicyclic) bond motifs is 1. The number of halogens is 1. The molecule has 0 spiro atoms. The summed E-state index contributed by atoms with van der Waals surface area (Å²) in [6.07, 6.45) is 2.01. The van der Waals surface area contributed by atoms with Crippen molar-refractivity contribution >= 4 is 11.8 Å². The first-order valence-electron chi connectivity index (χ1n) is 14.3. The molecule has 3 unspecified atom stereocenters. The first kappa shape index (κ1) is 27.2. The molecule has 2 amide bonds. The molecule has 3 aromatic carbocycles. The zero-order valence-corrected chi connectivity index (χ0v) is 23.0. The van der Waals surface area contributed by atoms with Gasteiger partial charge >= 0.3 is 0 Å². The van der Waals surface area contributed by atoms with Crippen LogP contribution in [-0.4, -0.2) is 52.9 Å². The molecule has 3 aromatic rings. The van der Waals surface area contributed by atoms with Gasteiger partial charge in [-0.25, -0.2) is 4.39 Å². The van der Waals surface area contributed by atoms with Gasteiger partial charge in [-0.1, -0.05) is 49.0 Å². The van der Waals surface area contributed by atoms with E-state index in [0.29, 0.717) is 42.9 Å². The lowest BCUT2D eigenvalue weighted by molar-refractivity contribution is -0.126. The number of nitrogens with one attached hydrogen (secondary N) is 2. The van der Waals surface area contributed by atoms with E-state index >= 15 is 0 Å². The van der Waals surface area contributed by atoms with Crippen LogP contribution in [0, 0.1) is 5.82 Å². The molecule has 3 heterocycles. The number of ether oxygens (including phenoxy) is 1. The van der Waals surface area contributed by atoms with Gasteiger partial charge in [0.2, 0.25) is 5.91 Å². The van der Waals surface area contributed by atoms with Crippen LogP contribution >= 0.6 is 0 Å². The number of carbonyl (C=O) groups excluding carboxylic acids is 2. The SMILES string of the molecule is C=C1CCC(N2Cc3cc(OC4CN(Cc5ccccc5)CCC4NCc4ccc(F)cc4)ccc3C2=O)C(=O)N1. The Labute approximate surface area is 240 Å². The predicted octanol–water partition coefficient (Wildman–Crippen LogP) is 4.39. The van der Waals surface area contributed by atoms with Crippen LogP contribution in [0.4, 0.5) is 4.39 Å². The standard InChI is InChI=1S/C33H35FN4O3/c1-22-7-14-30(32(39)36-22)38-20-25-17-27(12-13-28(25)33(38)40)41-31-21-37(19-24-5-3-2-4-6-24)16-15-29(31)35-18-23-8-10-26(34)11-9-23/h2-6,8-13,17,29-31,35H,1,7,14-16,18-21H2,(H,36,39). The molecule has 0 aliphatic carbocycles. The van der Waals surface area contributed by atoms with Crippen LogP contribution in [0.25, 0.3) is 0 Å². The lowest BCUT2D eigenvalue weighted by Gasteiger charge is -2.39. The molecule has 2 N–H and O–H groups in total. The average Bonchev–Trinajstić information content (AvgIpc) is 3.29. The fourth-order valence-corrected chi connectivity index (χ4v) is 6.05. The number of allylic oxidation sites excluding steroid dienone is 1. The zero-order valence-electron chi connectivity index (χ0n) is 23.0. The number of carbonyl (C=O) groups is 2. The Hall–Kier alpha value is -4.01. The molecule has 3 atom stereocenters. The van der Waals surface area contributed by atoms with E-state index in [1.807, 2.05) is 24.3 Å². The molecule has 2 fully saturated rings. The Morgan fingerprint density at radius 1 is 1.00 bits per heavy atom. The molecule has 2 saturated heterocycles. The smallest absolute Gasteiger partial charge is 0.255 e. The Kier molecular flexibility index (Phi) is 7.85. The summed E-state index contributed by atoms with van der Waals surface area (Å²) in [7, 11) is 0. The third-order valence-electron chi connectivity index (χ3n) is 8.27. The van der Waals surface area contributed by atoms with Crippen molar-refractivity contribution in [3.8, 4) is 5.75 Å². The maximum atomic E-state index is 13.4. The monoisotopic (exact) mass is 554 g/mol. The van der Waals surface area contributed by atoms with Gasteiger partial charge in [-0.3, -0.25) is 14.5 Å². The fourth-order valence-electron chi connectivity index (χ4n) is 6.05. The van der Waals surface area contributed by atoms with E-state index in [9.17, 15) is 14.0 Å². The van der Waals surface area contributed by atoms with Crippen molar-refractivity contribution in [2.24, 2.45) is 0 Å². The predicted molar refractivity (Wildman–Crippen MR) is 154 cm³/mol. The molecule has 0 saturated carbocycles. The highest BCUT2D eigenvalue weighted by atomic mass is 19.1. The van der Waals surface area contributed by atoms with Gasteiger partial charge in [0.15, 0.2) is 0 Å². The Balaban J connectivity index is 1.17. The van der Waals surface area contributed by atoms with Crippen molar-refractivity contribution in [2.75, 3.05) is 13.1 Å². The van der Waals surface area contributed by atoms with Crippen molar-refractivity contribution in [1.82, 2.24) is 20.4 Å². The van der Waals surface area contributed by atoms with Crippen molar-refractivity contribution in [3.05, 3.63) is 113 Å². The van der Waals surface area contributed by atoms with Crippen LogP contribution in [0.1, 0.15) is 46.3 Å². The first-order valence-corrected chi connectivity index (χ1v) is 14.3. The van der Waals surface area contributed by atoms with Crippen molar-refractivity contribution < 1.29 is 18.7 Å². The van der Waals surface area contributed by atoms with E-state index in [-0.39, 0.29) is 29.8 Å². The van der Waals surface area contributed by atoms with Gasteiger partial charge in [0.05, 0.1) is 0 Å². The summed E-state index contributed by atoms with van der Waals surface area (Å²) >= 11 is 0. The Bertz CT molecular complexity index is 1430. The summed E-state index contributed by atoms with van der Waals surface area (Å²) in [5.41, 5.74) is 4.47. The number of amides is 2. The van der Waals surface area contributed by atoms with E-state index in [4.69, 9.17) is 4.74 Å². The van der Waals surface area contributed by atoms with Gasteiger partial charge in [0, 0.05) is 50.0 Å². The quantitative estimate of drug-likeness (QED) is 0.432. The van der Waals surface area contributed by atoms with Crippen LogP contribution in [0.15, 0.2) is 85.1 Å². The summed E-state index contributed by atoms with van der Waals surface area (Å²) < 4.78 is 20.0. The zero-order chi connectivity index (χ0) is 28.3. The number of likely N-dealkylation sites (tertiary alicyclic amines) is 1. The second-order valence-electron chi connectivity index (χ2n) is 11.2. The topological polar surface area (TPSA) is 73.9 Å². The van der Waals surface area contributed by atoms with Crippen LogP contribution in [0.3, 0.4) is 0 Å². The molecular formula is C33H35FN4O3. The van der Waals surface area contributed by atoms with Crippen LogP contribution in [0.2, 0.25) is 0 Å². The normalized spacial score (nSPS) is 22.9. The van der Waals surface area contributed by atoms with Gasteiger partial charge < -0.3 is 20.3 Å². The Morgan fingerprint density at radius 3 is 2.59 bits per heavy atom. The van der Waals surface area contributed by atoms with E-state index in [1.165, 1.54) is 17.7 Å². The average molecular weight is 555 g/mol. The molecule has 0 radical (unpaired) electrons. The van der Waals surface area contributed by atoms with E-state index in [0.717, 1.165) is 37.2 Å². The molecule has 7 nitrogen and oxygen atoms in total. The number of hydrogen-bond donors (Lipinski definition) is 2. The third-order valence-corrected chi connectivity index (χ3v) is 8.27. The van der Waals surface area contributed by atoms with Crippen molar-refractivity contribution in [3.63, 3.8) is 0 Å². The molecule has 8 heteroatoms. The van der Waals surface area contributed by atoms with Gasteiger partial charge in [0.25, 0.3) is 5.91 Å². The fraction of sp³-hybridized carbons (Fsp3) is 0.333. The van der Waals surface area contributed by atoms with Gasteiger partial charge in [-0.15, -0.1) is 0 Å². The Morgan fingerprint density at radius 2 is 1.80 bits per heavy atom. The van der Waals surface area contributed by atoms with Crippen LogP contribution in [0.5, 0.6) is 5.75 Å². The highest BCUT2D eigenvalue weighted by Gasteiger charge is 2.38. The summed E-state index contributed by atoms with van der Waals surface area (Å²) in [5.74, 6) is 0.173. The summed E-state index contributed by atoms with van der Waals surface area (Å²) in [6, 6.07) is 22.2. The summed E-state index contributed by atoms with van der Waals surface area (Å²) in [6.45, 7) is 7.36. The van der Waals surface area contributed by atoms with Crippen LogP contribution in [-0.2, 0) is 24.4 Å². The van der Waals surface area contributed by atoms with E-state index in [2.05, 4.69) is 46.4 Å².